The Bertz CT molecular complexity index is 1830. The molecule has 200 valence electrons. The standard InChI is InChI=1S/C26H18Cl3N3O5S2/c27-16-5-12-24-21(13-16)20-3-1-2-4-25(20)39(36,37)32(24)15-26(33)30-17-6-9-19(10-7-17)38(34,35)31-18-8-11-22(28)23(29)14-18/h1-14,31H,15H2,(H,30,33). The first-order valence-corrected chi connectivity index (χ1v) is 15.3. The van der Waals surface area contributed by atoms with Gasteiger partial charge in [0.2, 0.25) is 5.91 Å². The third-order valence-electron chi connectivity index (χ3n) is 5.88. The van der Waals surface area contributed by atoms with E-state index in [4.69, 9.17) is 34.8 Å². The van der Waals surface area contributed by atoms with Gasteiger partial charge in [-0.1, -0.05) is 53.0 Å². The largest absolute Gasteiger partial charge is 0.325 e. The molecule has 0 fully saturated rings. The molecule has 0 atom stereocenters. The third-order valence-corrected chi connectivity index (χ3v) is 10.1. The summed E-state index contributed by atoms with van der Waals surface area (Å²) in [5, 5.41) is 3.52. The maximum absolute atomic E-state index is 13.4. The summed E-state index contributed by atoms with van der Waals surface area (Å²) in [4.78, 5) is 12.9. The summed E-state index contributed by atoms with van der Waals surface area (Å²) in [5.74, 6) is -0.622. The number of benzene rings is 4. The second-order valence-electron chi connectivity index (χ2n) is 8.48. The molecule has 1 amide bonds. The van der Waals surface area contributed by atoms with Crippen molar-refractivity contribution in [3.05, 3.63) is 100.0 Å². The normalized spacial score (nSPS) is 13.8. The van der Waals surface area contributed by atoms with E-state index in [-0.39, 0.29) is 31.2 Å². The van der Waals surface area contributed by atoms with Crippen molar-refractivity contribution in [1.82, 2.24) is 0 Å². The summed E-state index contributed by atoms with van der Waals surface area (Å²) < 4.78 is 55.7. The van der Waals surface area contributed by atoms with Gasteiger partial charge in [0.25, 0.3) is 20.0 Å². The number of rotatable bonds is 6. The van der Waals surface area contributed by atoms with E-state index in [0.29, 0.717) is 21.8 Å². The van der Waals surface area contributed by atoms with Gasteiger partial charge >= 0.3 is 0 Å². The molecule has 0 aromatic heterocycles. The average Bonchev–Trinajstić information content (AvgIpc) is 2.89. The zero-order chi connectivity index (χ0) is 27.9. The number of anilines is 3. The van der Waals surface area contributed by atoms with Gasteiger partial charge in [-0.25, -0.2) is 16.8 Å². The van der Waals surface area contributed by atoms with Gasteiger partial charge in [0.05, 0.1) is 31.2 Å². The van der Waals surface area contributed by atoms with E-state index in [2.05, 4.69) is 10.0 Å². The molecule has 13 heteroatoms. The van der Waals surface area contributed by atoms with Crippen LogP contribution >= 0.6 is 34.8 Å². The lowest BCUT2D eigenvalue weighted by Gasteiger charge is -2.31. The summed E-state index contributed by atoms with van der Waals surface area (Å²) in [6, 6.07) is 21.0. The summed E-state index contributed by atoms with van der Waals surface area (Å²) in [5.41, 5.74) is 1.91. The molecule has 0 unspecified atom stereocenters. The van der Waals surface area contributed by atoms with Crippen LogP contribution in [0.15, 0.2) is 94.7 Å². The third kappa shape index (κ3) is 5.43. The quantitative estimate of drug-likeness (QED) is 0.264. The second-order valence-corrected chi connectivity index (χ2v) is 13.2. The van der Waals surface area contributed by atoms with Gasteiger partial charge in [-0.05, 0) is 66.7 Å². The first-order chi connectivity index (χ1) is 18.5. The maximum atomic E-state index is 13.4. The van der Waals surface area contributed by atoms with Crippen molar-refractivity contribution in [3.8, 4) is 11.1 Å². The van der Waals surface area contributed by atoms with E-state index >= 15 is 0 Å². The Morgan fingerprint density at radius 2 is 1.49 bits per heavy atom. The Morgan fingerprint density at radius 3 is 2.21 bits per heavy atom. The molecule has 4 aromatic carbocycles. The maximum Gasteiger partial charge on any atom is 0.265 e. The van der Waals surface area contributed by atoms with Crippen LogP contribution in [0.25, 0.3) is 11.1 Å². The minimum absolute atomic E-state index is 0.0624. The minimum Gasteiger partial charge on any atom is -0.325 e. The van der Waals surface area contributed by atoms with E-state index in [9.17, 15) is 21.6 Å². The molecule has 0 bridgehead atoms. The molecular formula is C26H18Cl3N3O5S2. The first-order valence-electron chi connectivity index (χ1n) is 11.3. The molecule has 1 heterocycles. The van der Waals surface area contributed by atoms with Gasteiger partial charge in [0.15, 0.2) is 0 Å². The zero-order valence-electron chi connectivity index (χ0n) is 19.7. The lowest BCUT2D eigenvalue weighted by atomic mass is 10.0. The SMILES string of the molecule is O=C(CN1c2ccc(Cl)cc2-c2ccccc2S1(=O)=O)Nc1ccc(S(=O)(=O)Nc2ccc(Cl)c(Cl)c2)cc1. The van der Waals surface area contributed by atoms with Crippen molar-refractivity contribution in [2.45, 2.75) is 9.79 Å². The molecule has 5 rings (SSSR count). The van der Waals surface area contributed by atoms with Crippen molar-refractivity contribution in [3.63, 3.8) is 0 Å². The highest BCUT2D eigenvalue weighted by molar-refractivity contribution is 7.93. The van der Waals surface area contributed by atoms with Crippen molar-refractivity contribution in [1.29, 1.82) is 0 Å². The number of fused-ring (bicyclic) bond motifs is 3. The number of nitrogens with zero attached hydrogens (tertiary/aromatic N) is 1. The van der Waals surface area contributed by atoms with E-state index in [1.807, 2.05) is 0 Å². The van der Waals surface area contributed by atoms with E-state index < -0.39 is 32.5 Å². The number of sulfonamides is 2. The molecule has 0 radical (unpaired) electrons. The Labute approximate surface area is 240 Å². The van der Waals surface area contributed by atoms with Gasteiger partial charge in [-0.3, -0.25) is 13.8 Å². The van der Waals surface area contributed by atoms with Crippen LogP contribution in [0.3, 0.4) is 0 Å². The van der Waals surface area contributed by atoms with E-state index in [1.165, 1.54) is 48.5 Å². The van der Waals surface area contributed by atoms with Crippen LogP contribution in [0, 0.1) is 0 Å². The molecule has 0 saturated heterocycles. The zero-order valence-corrected chi connectivity index (χ0v) is 23.6. The molecular weight excluding hydrogens is 605 g/mol. The number of hydrogen-bond donors (Lipinski definition) is 2. The van der Waals surface area contributed by atoms with Gasteiger partial charge in [0, 0.05) is 21.8 Å². The molecule has 0 spiro atoms. The van der Waals surface area contributed by atoms with Crippen LogP contribution in [0.4, 0.5) is 17.1 Å². The molecule has 1 aliphatic heterocycles. The van der Waals surface area contributed by atoms with Gasteiger partial charge < -0.3 is 5.32 Å². The smallest absolute Gasteiger partial charge is 0.265 e. The van der Waals surface area contributed by atoms with Crippen LogP contribution in [0.1, 0.15) is 0 Å². The predicted molar refractivity (Wildman–Crippen MR) is 154 cm³/mol. The van der Waals surface area contributed by atoms with Crippen LogP contribution in [-0.2, 0) is 24.8 Å². The summed E-state index contributed by atoms with van der Waals surface area (Å²) >= 11 is 18.0. The minimum atomic E-state index is -4.03. The predicted octanol–water partition coefficient (Wildman–Crippen LogP) is 6.26. The molecule has 2 N–H and O–H groups in total. The summed E-state index contributed by atoms with van der Waals surface area (Å²) in [6.07, 6.45) is 0. The monoisotopic (exact) mass is 621 g/mol. The topological polar surface area (TPSA) is 113 Å². The number of carbonyl (C=O) groups is 1. The lowest BCUT2D eigenvalue weighted by Crippen LogP contribution is -2.40. The van der Waals surface area contributed by atoms with Crippen LogP contribution in [0.2, 0.25) is 15.1 Å². The molecule has 8 nitrogen and oxygen atoms in total. The Balaban J connectivity index is 1.34. The van der Waals surface area contributed by atoms with Crippen molar-refractivity contribution >= 4 is 77.8 Å². The van der Waals surface area contributed by atoms with Crippen molar-refractivity contribution < 1.29 is 21.6 Å². The van der Waals surface area contributed by atoms with Crippen LogP contribution in [0.5, 0.6) is 0 Å². The number of nitrogens with one attached hydrogen (secondary N) is 2. The Hall–Kier alpha value is -3.28. The number of halogens is 3. The van der Waals surface area contributed by atoms with Crippen LogP contribution < -0.4 is 14.3 Å². The highest BCUT2D eigenvalue weighted by atomic mass is 35.5. The highest BCUT2D eigenvalue weighted by Crippen LogP contribution is 2.43. The average molecular weight is 623 g/mol. The molecule has 0 saturated carbocycles. The highest BCUT2D eigenvalue weighted by Gasteiger charge is 2.36. The van der Waals surface area contributed by atoms with Crippen LogP contribution in [-0.4, -0.2) is 29.3 Å². The number of amides is 1. The lowest BCUT2D eigenvalue weighted by molar-refractivity contribution is -0.114. The van der Waals surface area contributed by atoms with Crippen molar-refractivity contribution in [2.75, 3.05) is 20.9 Å². The van der Waals surface area contributed by atoms with Gasteiger partial charge in [-0.15, -0.1) is 0 Å². The Morgan fingerprint density at radius 1 is 0.795 bits per heavy atom. The second kappa shape index (κ2) is 10.4. The number of hydrogen-bond acceptors (Lipinski definition) is 5. The molecule has 1 aliphatic rings. The van der Waals surface area contributed by atoms with Gasteiger partial charge in [0.1, 0.15) is 6.54 Å². The number of carbonyl (C=O) groups excluding carboxylic acids is 1. The molecule has 0 aliphatic carbocycles. The molecule has 39 heavy (non-hydrogen) atoms. The summed E-state index contributed by atoms with van der Waals surface area (Å²) in [6.45, 7) is -0.510. The van der Waals surface area contributed by atoms with E-state index in [0.717, 1.165) is 4.31 Å². The fourth-order valence-corrected chi connectivity index (χ4v) is 7.26. The molecule has 4 aromatic rings. The van der Waals surface area contributed by atoms with Gasteiger partial charge in [-0.2, -0.15) is 0 Å². The fourth-order valence-electron chi connectivity index (χ4n) is 4.10. The Kier molecular flexibility index (Phi) is 7.25. The first kappa shape index (κ1) is 27.3. The van der Waals surface area contributed by atoms with Crippen molar-refractivity contribution in [2.24, 2.45) is 0 Å². The summed E-state index contributed by atoms with van der Waals surface area (Å²) in [7, 11) is -7.99. The fraction of sp³-hybridized carbons (Fsp3) is 0.0385. The van der Waals surface area contributed by atoms with E-state index in [1.54, 1.807) is 36.4 Å².